The Labute approximate surface area is 113 Å². The second-order valence-electron chi connectivity index (χ2n) is 4.84. The first-order valence-electron chi connectivity index (χ1n) is 6.30. The normalized spacial score (nSPS) is 21.7. The van der Waals surface area contributed by atoms with Gasteiger partial charge in [0.15, 0.2) is 0 Å². The molecule has 0 radical (unpaired) electrons. The molecule has 0 spiro atoms. The van der Waals surface area contributed by atoms with Crippen LogP contribution in [-0.4, -0.2) is 34.9 Å². The molecule has 2 unspecified atom stereocenters. The number of hydrogen-bond acceptors (Lipinski definition) is 3. The zero-order valence-corrected chi connectivity index (χ0v) is 11.7. The second kappa shape index (κ2) is 5.76. The van der Waals surface area contributed by atoms with Gasteiger partial charge in [-0.25, -0.2) is 0 Å². The molecule has 0 aromatic heterocycles. The van der Waals surface area contributed by atoms with Gasteiger partial charge in [-0.1, -0.05) is 29.8 Å². The number of thioether (sulfide) groups is 1. The van der Waals surface area contributed by atoms with E-state index < -0.39 is 6.04 Å². The topological polar surface area (TPSA) is 46.3 Å². The highest BCUT2D eigenvalue weighted by Gasteiger charge is 2.28. The number of rotatable bonds is 2. The summed E-state index contributed by atoms with van der Waals surface area (Å²) in [6.45, 7) is 4.93. The number of carbonyl (C=O) groups excluding carboxylic acids is 1. The maximum atomic E-state index is 12.4. The lowest BCUT2D eigenvalue weighted by atomic mass is 10.0. The van der Waals surface area contributed by atoms with Gasteiger partial charge in [0.05, 0.1) is 0 Å². The monoisotopic (exact) mass is 264 g/mol. The van der Waals surface area contributed by atoms with Gasteiger partial charge >= 0.3 is 0 Å². The van der Waals surface area contributed by atoms with E-state index in [0.717, 1.165) is 23.6 Å². The fraction of sp³-hybridized carbons (Fsp3) is 0.500. The minimum atomic E-state index is -0.531. The summed E-state index contributed by atoms with van der Waals surface area (Å²) in [6.07, 6.45) is 0. The molecular weight excluding hydrogens is 244 g/mol. The summed E-state index contributed by atoms with van der Waals surface area (Å²) in [5.41, 5.74) is 8.16. The number of nitrogens with zero attached hydrogens (tertiary/aromatic N) is 1. The average Bonchev–Trinajstić information content (AvgIpc) is 2.38. The molecule has 18 heavy (non-hydrogen) atoms. The predicted octanol–water partition coefficient (Wildman–Crippen LogP) is 1.96. The van der Waals surface area contributed by atoms with E-state index in [1.165, 1.54) is 5.56 Å². The molecule has 1 aromatic rings. The average molecular weight is 264 g/mol. The zero-order chi connectivity index (χ0) is 13.1. The van der Waals surface area contributed by atoms with Crippen molar-refractivity contribution in [3.8, 4) is 0 Å². The Bertz CT molecular complexity index is 418. The van der Waals surface area contributed by atoms with Crippen LogP contribution in [0.25, 0.3) is 0 Å². The Morgan fingerprint density at radius 1 is 1.44 bits per heavy atom. The third kappa shape index (κ3) is 2.87. The van der Waals surface area contributed by atoms with Gasteiger partial charge in [-0.15, -0.1) is 0 Å². The maximum Gasteiger partial charge on any atom is 0.244 e. The SMILES string of the molecule is Cc1ccc(C(N)C(=O)N2CCSCC2C)cc1. The smallest absolute Gasteiger partial charge is 0.244 e. The number of hydrogen-bond donors (Lipinski definition) is 1. The number of benzene rings is 1. The molecule has 4 heteroatoms. The lowest BCUT2D eigenvalue weighted by Crippen LogP contribution is -2.48. The van der Waals surface area contributed by atoms with Gasteiger partial charge in [0, 0.05) is 24.1 Å². The Balaban J connectivity index is 2.10. The summed E-state index contributed by atoms with van der Waals surface area (Å²) in [6, 6.07) is 7.64. The number of nitrogens with two attached hydrogens (primary N) is 1. The van der Waals surface area contributed by atoms with Crippen LogP contribution in [-0.2, 0) is 4.79 Å². The van der Waals surface area contributed by atoms with Crippen molar-refractivity contribution in [2.24, 2.45) is 5.73 Å². The first kappa shape index (κ1) is 13.4. The van der Waals surface area contributed by atoms with Crippen molar-refractivity contribution in [3.05, 3.63) is 35.4 Å². The molecule has 2 atom stereocenters. The summed E-state index contributed by atoms with van der Waals surface area (Å²) in [4.78, 5) is 14.3. The maximum absolute atomic E-state index is 12.4. The van der Waals surface area contributed by atoms with E-state index in [9.17, 15) is 4.79 Å². The van der Waals surface area contributed by atoms with Gasteiger partial charge in [-0.2, -0.15) is 11.8 Å². The molecule has 1 aliphatic rings. The Hall–Kier alpha value is -1.00. The molecule has 1 heterocycles. The van der Waals surface area contributed by atoms with Crippen molar-refractivity contribution >= 4 is 17.7 Å². The molecule has 1 fully saturated rings. The lowest BCUT2D eigenvalue weighted by Gasteiger charge is -2.34. The summed E-state index contributed by atoms with van der Waals surface area (Å²) < 4.78 is 0. The van der Waals surface area contributed by atoms with Crippen LogP contribution in [0.5, 0.6) is 0 Å². The third-order valence-electron chi connectivity index (χ3n) is 3.35. The van der Waals surface area contributed by atoms with Crippen LogP contribution >= 0.6 is 11.8 Å². The van der Waals surface area contributed by atoms with Crippen molar-refractivity contribution < 1.29 is 4.79 Å². The Morgan fingerprint density at radius 2 is 2.11 bits per heavy atom. The standard InChI is InChI=1S/C14H20N2OS/c1-10-3-5-12(6-4-10)13(15)14(17)16-7-8-18-9-11(16)2/h3-6,11,13H,7-9,15H2,1-2H3. The van der Waals surface area contributed by atoms with Crippen LogP contribution in [0.15, 0.2) is 24.3 Å². The third-order valence-corrected chi connectivity index (χ3v) is 4.54. The van der Waals surface area contributed by atoms with E-state index in [4.69, 9.17) is 5.73 Å². The van der Waals surface area contributed by atoms with Crippen LogP contribution in [0.4, 0.5) is 0 Å². The van der Waals surface area contributed by atoms with Gasteiger partial charge in [-0.05, 0) is 19.4 Å². The quantitative estimate of drug-likeness (QED) is 0.888. The van der Waals surface area contributed by atoms with Gasteiger partial charge in [0.1, 0.15) is 6.04 Å². The van der Waals surface area contributed by atoms with Crippen molar-refractivity contribution in [1.82, 2.24) is 4.90 Å². The number of carbonyl (C=O) groups is 1. The van der Waals surface area contributed by atoms with Crippen LogP contribution in [0, 0.1) is 6.92 Å². The molecule has 1 amide bonds. The van der Waals surface area contributed by atoms with Crippen molar-refractivity contribution in [2.75, 3.05) is 18.1 Å². The largest absolute Gasteiger partial charge is 0.337 e. The molecule has 98 valence electrons. The van der Waals surface area contributed by atoms with Crippen LogP contribution in [0.3, 0.4) is 0 Å². The lowest BCUT2D eigenvalue weighted by molar-refractivity contribution is -0.134. The minimum Gasteiger partial charge on any atom is -0.337 e. The van der Waals surface area contributed by atoms with E-state index in [1.807, 2.05) is 47.9 Å². The van der Waals surface area contributed by atoms with Gasteiger partial charge < -0.3 is 10.6 Å². The van der Waals surface area contributed by atoms with E-state index in [2.05, 4.69) is 6.92 Å². The van der Waals surface area contributed by atoms with E-state index in [-0.39, 0.29) is 11.9 Å². The van der Waals surface area contributed by atoms with Crippen LogP contribution in [0.2, 0.25) is 0 Å². The van der Waals surface area contributed by atoms with Crippen molar-refractivity contribution in [1.29, 1.82) is 0 Å². The fourth-order valence-corrected chi connectivity index (χ4v) is 3.16. The highest BCUT2D eigenvalue weighted by atomic mass is 32.2. The first-order chi connectivity index (χ1) is 8.59. The molecule has 3 nitrogen and oxygen atoms in total. The number of amides is 1. The van der Waals surface area contributed by atoms with Gasteiger partial charge in [0.2, 0.25) is 5.91 Å². The fourth-order valence-electron chi connectivity index (χ4n) is 2.15. The van der Waals surface area contributed by atoms with E-state index in [1.54, 1.807) is 0 Å². The van der Waals surface area contributed by atoms with E-state index in [0.29, 0.717) is 0 Å². The predicted molar refractivity (Wildman–Crippen MR) is 76.6 cm³/mol. The summed E-state index contributed by atoms with van der Waals surface area (Å²) >= 11 is 1.90. The Morgan fingerprint density at radius 3 is 2.72 bits per heavy atom. The second-order valence-corrected chi connectivity index (χ2v) is 5.99. The number of aryl methyl sites for hydroxylation is 1. The molecular formula is C14H20N2OS. The van der Waals surface area contributed by atoms with Gasteiger partial charge in [0.25, 0.3) is 0 Å². The Kier molecular flexibility index (Phi) is 4.30. The van der Waals surface area contributed by atoms with Crippen molar-refractivity contribution in [3.63, 3.8) is 0 Å². The highest BCUT2D eigenvalue weighted by molar-refractivity contribution is 7.99. The molecule has 1 aromatic carbocycles. The first-order valence-corrected chi connectivity index (χ1v) is 7.45. The van der Waals surface area contributed by atoms with Crippen LogP contribution < -0.4 is 5.73 Å². The van der Waals surface area contributed by atoms with Crippen LogP contribution in [0.1, 0.15) is 24.1 Å². The molecule has 0 bridgehead atoms. The molecule has 1 aliphatic heterocycles. The minimum absolute atomic E-state index is 0.0478. The molecule has 0 saturated carbocycles. The van der Waals surface area contributed by atoms with Gasteiger partial charge in [-0.3, -0.25) is 4.79 Å². The zero-order valence-electron chi connectivity index (χ0n) is 10.9. The summed E-state index contributed by atoms with van der Waals surface area (Å²) in [5.74, 6) is 2.06. The van der Waals surface area contributed by atoms with Crippen molar-refractivity contribution in [2.45, 2.75) is 25.9 Å². The summed E-state index contributed by atoms with van der Waals surface area (Å²) in [5, 5.41) is 0. The molecule has 2 rings (SSSR count). The molecule has 1 saturated heterocycles. The highest BCUT2D eigenvalue weighted by Crippen LogP contribution is 2.21. The molecule has 2 N–H and O–H groups in total. The summed E-state index contributed by atoms with van der Waals surface area (Å²) in [7, 11) is 0. The van der Waals surface area contributed by atoms with E-state index >= 15 is 0 Å². The molecule has 0 aliphatic carbocycles.